The van der Waals surface area contributed by atoms with E-state index in [0.717, 1.165) is 30.6 Å². The lowest BCUT2D eigenvalue weighted by Gasteiger charge is -2.30. The summed E-state index contributed by atoms with van der Waals surface area (Å²) in [7, 11) is 0. The number of carbonyl (C=O) groups is 1. The summed E-state index contributed by atoms with van der Waals surface area (Å²) in [6.45, 7) is 6.49. The molecule has 1 aromatic rings. The van der Waals surface area contributed by atoms with Crippen LogP contribution in [0, 0.1) is 5.92 Å². The monoisotopic (exact) mass is 268 g/mol. The van der Waals surface area contributed by atoms with E-state index in [-0.39, 0.29) is 5.91 Å². The highest BCUT2D eigenvalue weighted by Gasteiger charge is 2.15. The van der Waals surface area contributed by atoms with Crippen molar-refractivity contribution in [1.29, 1.82) is 0 Å². The largest absolute Gasteiger partial charge is 0.351 e. The van der Waals surface area contributed by atoms with Crippen molar-refractivity contribution in [2.24, 2.45) is 5.92 Å². The minimum absolute atomic E-state index is 0.115. The molecule has 2 rings (SSSR count). The molecule has 0 bridgehead atoms. The van der Waals surface area contributed by atoms with Gasteiger partial charge in [-0.25, -0.2) is 0 Å². The van der Waals surface area contributed by atoms with E-state index in [1.807, 2.05) is 0 Å². The summed E-state index contributed by atoms with van der Waals surface area (Å²) in [5.41, 5.74) is 0.423. The Morgan fingerprint density at radius 2 is 2.56 bits per heavy atom. The molecule has 6 heteroatoms. The van der Waals surface area contributed by atoms with Crippen LogP contribution in [0.4, 0.5) is 0 Å². The predicted molar refractivity (Wildman–Crippen MR) is 71.7 cm³/mol. The number of carbonyl (C=O) groups excluding carboxylic acids is 1. The fourth-order valence-electron chi connectivity index (χ4n) is 2.35. The van der Waals surface area contributed by atoms with Crippen molar-refractivity contribution < 1.29 is 4.79 Å². The van der Waals surface area contributed by atoms with E-state index in [9.17, 15) is 4.79 Å². The van der Waals surface area contributed by atoms with Crippen LogP contribution in [0.25, 0.3) is 0 Å². The number of piperidine rings is 1. The summed E-state index contributed by atoms with van der Waals surface area (Å²) >= 11 is 1.06. The van der Waals surface area contributed by atoms with Gasteiger partial charge in [0.2, 0.25) is 0 Å². The quantitative estimate of drug-likeness (QED) is 0.820. The highest BCUT2D eigenvalue weighted by Crippen LogP contribution is 2.15. The first kappa shape index (κ1) is 13.4. The van der Waals surface area contributed by atoms with E-state index in [0.29, 0.717) is 12.2 Å². The van der Waals surface area contributed by atoms with Gasteiger partial charge in [0.15, 0.2) is 5.69 Å². The van der Waals surface area contributed by atoms with E-state index in [1.54, 1.807) is 0 Å². The molecule has 0 spiro atoms. The van der Waals surface area contributed by atoms with Crippen molar-refractivity contribution in [3.63, 3.8) is 0 Å². The number of likely N-dealkylation sites (tertiary alicyclic amines) is 1. The van der Waals surface area contributed by atoms with Crippen molar-refractivity contribution in [1.82, 2.24) is 19.0 Å². The van der Waals surface area contributed by atoms with Crippen LogP contribution in [0.5, 0.6) is 0 Å². The van der Waals surface area contributed by atoms with Crippen LogP contribution in [-0.4, -0.2) is 45.7 Å². The van der Waals surface area contributed by atoms with E-state index in [1.165, 1.54) is 32.1 Å². The zero-order valence-electron chi connectivity index (χ0n) is 10.8. The average molecular weight is 268 g/mol. The number of hydrogen-bond donors (Lipinski definition) is 1. The Bertz CT molecular complexity index is 368. The normalized spacial score (nSPS) is 20.8. The number of hydrogen-bond acceptors (Lipinski definition) is 5. The van der Waals surface area contributed by atoms with Crippen LogP contribution in [0.2, 0.25) is 0 Å². The molecule has 1 aliphatic rings. The SMILES string of the molecule is CC1CCCN(CCCNC(=O)c2cnsn2)C1. The van der Waals surface area contributed by atoms with Crippen LogP contribution in [0.1, 0.15) is 36.7 Å². The Morgan fingerprint density at radius 3 is 3.28 bits per heavy atom. The number of nitrogens with zero attached hydrogens (tertiary/aromatic N) is 3. The molecule has 18 heavy (non-hydrogen) atoms. The van der Waals surface area contributed by atoms with Crippen LogP contribution in [0.3, 0.4) is 0 Å². The third kappa shape index (κ3) is 4.03. The molecular formula is C12H20N4OS. The van der Waals surface area contributed by atoms with Gasteiger partial charge in [-0.1, -0.05) is 6.92 Å². The molecule has 1 atom stereocenters. The maximum absolute atomic E-state index is 11.6. The minimum Gasteiger partial charge on any atom is -0.351 e. The summed E-state index contributed by atoms with van der Waals surface area (Å²) < 4.78 is 7.72. The zero-order valence-corrected chi connectivity index (χ0v) is 11.6. The maximum Gasteiger partial charge on any atom is 0.272 e. The van der Waals surface area contributed by atoms with Crippen LogP contribution in [0.15, 0.2) is 6.20 Å². The third-order valence-corrected chi connectivity index (χ3v) is 3.75. The van der Waals surface area contributed by atoms with Crippen molar-refractivity contribution in [2.75, 3.05) is 26.2 Å². The number of amides is 1. The predicted octanol–water partition coefficient (Wildman–Crippen LogP) is 1.39. The van der Waals surface area contributed by atoms with Crippen LogP contribution in [-0.2, 0) is 0 Å². The van der Waals surface area contributed by atoms with E-state index in [2.05, 4.69) is 25.9 Å². The standard InChI is InChI=1S/C12H20N4OS/c1-10-4-2-6-16(9-10)7-3-5-13-12(17)11-8-14-18-15-11/h8,10H,2-7,9H2,1H3,(H,13,17). The van der Waals surface area contributed by atoms with Gasteiger partial charge in [-0.05, 0) is 38.3 Å². The molecule has 1 amide bonds. The van der Waals surface area contributed by atoms with Crippen molar-refractivity contribution >= 4 is 17.6 Å². The fourth-order valence-corrected chi connectivity index (χ4v) is 2.76. The Labute approximate surface area is 112 Å². The Kier molecular flexibility index (Phi) is 5.07. The molecule has 1 N–H and O–H groups in total. The highest BCUT2D eigenvalue weighted by molar-refractivity contribution is 6.99. The third-order valence-electron chi connectivity index (χ3n) is 3.27. The topological polar surface area (TPSA) is 58.1 Å². The molecule has 1 unspecified atom stereocenters. The van der Waals surface area contributed by atoms with Gasteiger partial charge in [0.05, 0.1) is 17.9 Å². The summed E-state index contributed by atoms with van der Waals surface area (Å²) in [5.74, 6) is 0.699. The van der Waals surface area contributed by atoms with Gasteiger partial charge in [0.25, 0.3) is 5.91 Å². The lowest BCUT2D eigenvalue weighted by Crippen LogP contribution is -2.36. The Morgan fingerprint density at radius 1 is 1.67 bits per heavy atom. The smallest absolute Gasteiger partial charge is 0.272 e. The molecule has 1 saturated heterocycles. The van der Waals surface area contributed by atoms with Gasteiger partial charge in [-0.15, -0.1) is 0 Å². The number of rotatable bonds is 5. The fraction of sp³-hybridized carbons (Fsp3) is 0.750. The van der Waals surface area contributed by atoms with Gasteiger partial charge in [-0.2, -0.15) is 8.75 Å². The second-order valence-electron chi connectivity index (χ2n) is 4.95. The second-order valence-corrected chi connectivity index (χ2v) is 5.51. The highest BCUT2D eigenvalue weighted by atomic mass is 32.1. The first-order chi connectivity index (χ1) is 8.75. The lowest BCUT2D eigenvalue weighted by molar-refractivity contribution is 0.0946. The molecule has 1 aliphatic heterocycles. The van der Waals surface area contributed by atoms with Gasteiger partial charge in [0, 0.05) is 13.1 Å². The van der Waals surface area contributed by atoms with Crippen molar-refractivity contribution in [2.45, 2.75) is 26.2 Å². The van der Waals surface area contributed by atoms with E-state index < -0.39 is 0 Å². The Hall–Kier alpha value is -1.01. The molecular weight excluding hydrogens is 248 g/mol. The molecule has 1 fully saturated rings. The van der Waals surface area contributed by atoms with Gasteiger partial charge in [-0.3, -0.25) is 4.79 Å². The second kappa shape index (κ2) is 6.80. The number of aromatic nitrogens is 2. The molecule has 2 heterocycles. The van der Waals surface area contributed by atoms with E-state index >= 15 is 0 Å². The molecule has 0 saturated carbocycles. The Balaban J connectivity index is 1.60. The summed E-state index contributed by atoms with van der Waals surface area (Å²) in [6.07, 6.45) is 5.16. The van der Waals surface area contributed by atoms with Gasteiger partial charge < -0.3 is 10.2 Å². The maximum atomic E-state index is 11.6. The van der Waals surface area contributed by atoms with E-state index in [4.69, 9.17) is 0 Å². The minimum atomic E-state index is -0.115. The molecule has 0 aliphatic carbocycles. The molecule has 0 radical (unpaired) electrons. The summed E-state index contributed by atoms with van der Waals surface area (Å²) in [5, 5.41) is 2.87. The molecule has 100 valence electrons. The number of nitrogens with one attached hydrogen (secondary N) is 1. The molecule has 0 aromatic carbocycles. The van der Waals surface area contributed by atoms with Crippen molar-refractivity contribution in [3.05, 3.63) is 11.9 Å². The zero-order chi connectivity index (χ0) is 12.8. The van der Waals surface area contributed by atoms with Crippen LogP contribution >= 0.6 is 11.7 Å². The average Bonchev–Trinajstić information content (AvgIpc) is 2.88. The first-order valence-corrected chi connectivity index (χ1v) is 7.27. The van der Waals surface area contributed by atoms with Gasteiger partial charge >= 0.3 is 0 Å². The molecule has 1 aromatic heterocycles. The van der Waals surface area contributed by atoms with Gasteiger partial charge in [0.1, 0.15) is 0 Å². The molecule has 5 nitrogen and oxygen atoms in total. The lowest BCUT2D eigenvalue weighted by atomic mass is 10.0. The van der Waals surface area contributed by atoms with Crippen molar-refractivity contribution in [3.8, 4) is 0 Å². The van der Waals surface area contributed by atoms with Crippen LogP contribution < -0.4 is 5.32 Å². The summed E-state index contributed by atoms with van der Waals surface area (Å²) in [6, 6.07) is 0. The first-order valence-electron chi connectivity index (χ1n) is 6.54. The summed E-state index contributed by atoms with van der Waals surface area (Å²) in [4.78, 5) is 14.1.